The lowest BCUT2D eigenvalue weighted by Crippen LogP contribution is -2.50. The van der Waals surface area contributed by atoms with Crippen molar-refractivity contribution in [1.29, 1.82) is 0 Å². The van der Waals surface area contributed by atoms with E-state index < -0.39 is 0 Å². The van der Waals surface area contributed by atoms with Crippen LogP contribution in [-0.2, 0) is 5.54 Å². The number of ether oxygens (including phenoxy) is 1. The molecule has 2 aromatic rings. The highest BCUT2D eigenvalue weighted by molar-refractivity contribution is 5.93. The van der Waals surface area contributed by atoms with Crippen LogP contribution in [0.5, 0.6) is 5.75 Å². The molecule has 4 nitrogen and oxygen atoms in total. The van der Waals surface area contributed by atoms with Gasteiger partial charge in [-0.05, 0) is 49.1 Å². The molecule has 1 aromatic carbocycles. The molecular formula is C16H18N2O2. The molecule has 0 spiro atoms. The van der Waals surface area contributed by atoms with Crippen LogP contribution in [0.2, 0.25) is 0 Å². The minimum absolute atomic E-state index is 0.0504. The minimum atomic E-state index is -0.228. The van der Waals surface area contributed by atoms with Crippen molar-refractivity contribution in [2.75, 3.05) is 7.11 Å². The summed E-state index contributed by atoms with van der Waals surface area (Å²) in [5, 5.41) is 3.18. The maximum absolute atomic E-state index is 12.2. The summed E-state index contributed by atoms with van der Waals surface area (Å²) < 4.78 is 5.18. The Kier molecular flexibility index (Phi) is 3.22. The molecule has 1 amide bonds. The van der Waals surface area contributed by atoms with E-state index in [1.54, 1.807) is 19.4 Å². The maximum Gasteiger partial charge on any atom is 0.268 e. The number of carbonyl (C=O) groups is 1. The van der Waals surface area contributed by atoms with Gasteiger partial charge in [0, 0.05) is 6.20 Å². The quantitative estimate of drug-likeness (QED) is 0.897. The third-order valence-corrected chi connectivity index (χ3v) is 4.05. The Morgan fingerprint density at radius 2 is 2.00 bits per heavy atom. The summed E-state index contributed by atoms with van der Waals surface area (Å²) in [7, 11) is 1.65. The van der Waals surface area contributed by atoms with Crippen molar-refractivity contribution in [3.63, 3.8) is 0 Å². The molecule has 20 heavy (non-hydrogen) atoms. The second-order valence-corrected chi connectivity index (χ2v) is 5.20. The fourth-order valence-corrected chi connectivity index (χ4v) is 2.68. The van der Waals surface area contributed by atoms with E-state index in [-0.39, 0.29) is 11.4 Å². The van der Waals surface area contributed by atoms with Crippen molar-refractivity contribution < 1.29 is 9.53 Å². The maximum atomic E-state index is 12.2. The summed E-state index contributed by atoms with van der Waals surface area (Å²) in [5.41, 5.74) is 1.52. The Morgan fingerprint density at radius 3 is 2.50 bits per heavy atom. The highest BCUT2D eigenvalue weighted by atomic mass is 16.5. The molecule has 0 saturated heterocycles. The number of hydrogen-bond acceptors (Lipinski definition) is 2. The first-order valence-electron chi connectivity index (χ1n) is 6.84. The number of hydrogen-bond donors (Lipinski definition) is 2. The van der Waals surface area contributed by atoms with E-state index >= 15 is 0 Å². The number of methoxy groups -OCH3 is 1. The number of rotatable bonds is 4. The van der Waals surface area contributed by atoms with E-state index in [0.29, 0.717) is 5.69 Å². The van der Waals surface area contributed by atoms with Gasteiger partial charge in [0.15, 0.2) is 0 Å². The lowest BCUT2D eigenvalue weighted by molar-refractivity contribution is 0.0818. The summed E-state index contributed by atoms with van der Waals surface area (Å²) in [5.74, 6) is 0.782. The molecule has 4 heteroatoms. The summed E-state index contributed by atoms with van der Waals surface area (Å²) in [6.07, 6.45) is 4.85. The summed E-state index contributed by atoms with van der Waals surface area (Å²) in [6, 6.07) is 11.6. The van der Waals surface area contributed by atoms with E-state index in [1.165, 1.54) is 0 Å². The molecule has 0 radical (unpaired) electrons. The smallest absolute Gasteiger partial charge is 0.268 e. The number of amides is 1. The van der Waals surface area contributed by atoms with Gasteiger partial charge >= 0.3 is 0 Å². The largest absolute Gasteiger partial charge is 0.497 e. The predicted octanol–water partition coefficient (Wildman–Crippen LogP) is 2.83. The van der Waals surface area contributed by atoms with Gasteiger partial charge in [0.1, 0.15) is 11.4 Å². The topological polar surface area (TPSA) is 54.1 Å². The van der Waals surface area contributed by atoms with Crippen LogP contribution in [0, 0.1) is 0 Å². The van der Waals surface area contributed by atoms with E-state index in [4.69, 9.17) is 4.74 Å². The molecule has 0 bridgehead atoms. The van der Waals surface area contributed by atoms with Gasteiger partial charge in [-0.25, -0.2) is 0 Å². The van der Waals surface area contributed by atoms with Gasteiger partial charge in [0.05, 0.1) is 12.6 Å². The number of benzene rings is 1. The van der Waals surface area contributed by atoms with Crippen LogP contribution in [0.4, 0.5) is 0 Å². The molecule has 1 aromatic heterocycles. The summed E-state index contributed by atoms with van der Waals surface area (Å²) in [4.78, 5) is 15.2. The third kappa shape index (κ3) is 2.18. The van der Waals surface area contributed by atoms with Gasteiger partial charge in [-0.3, -0.25) is 4.79 Å². The predicted molar refractivity (Wildman–Crippen MR) is 76.8 cm³/mol. The lowest BCUT2D eigenvalue weighted by atomic mass is 9.71. The van der Waals surface area contributed by atoms with Crippen LogP contribution in [0.25, 0.3) is 0 Å². The molecule has 0 aliphatic heterocycles. The van der Waals surface area contributed by atoms with E-state index in [1.807, 2.05) is 30.3 Å². The Hall–Kier alpha value is -2.23. The van der Waals surface area contributed by atoms with Crippen molar-refractivity contribution in [3.8, 4) is 5.75 Å². The second kappa shape index (κ2) is 5.04. The van der Waals surface area contributed by atoms with Crippen molar-refractivity contribution in [3.05, 3.63) is 53.9 Å². The molecule has 104 valence electrons. The number of aromatic amines is 1. The van der Waals surface area contributed by atoms with Gasteiger partial charge in [0.25, 0.3) is 5.91 Å². The normalized spacial score (nSPS) is 16.2. The van der Waals surface area contributed by atoms with Gasteiger partial charge in [-0.1, -0.05) is 12.1 Å². The molecule has 1 saturated carbocycles. The molecule has 0 atom stereocenters. The first kappa shape index (κ1) is 12.8. The molecule has 3 rings (SSSR count). The van der Waals surface area contributed by atoms with E-state index in [2.05, 4.69) is 10.3 Å². The zero-order valence-electron chi connectivity index (χ0n) is 11.5. The van der Waals surface area contributed by atoms with Crippen LogP contribution in [0.3, 0.4) is 0 Å². The molecule has 1 heterocycles. The Balaban J connectivity index is 1.81. The molecule has 1 aliphatic rings. The third-order valence-electron chi connectivity index (χ3n) is 4.05. The Morgan fingerprint density at radius 1 is 1.25 bits per heavy atom. The Labute approximate surface area is 118 Å². The van der Waals surface area contributed by atoms with Crippen LogP contribution < -0.4 is 10.1 Å². The lowest BCUT2D eigenvalue weighted by Gasteiger charge is -2.43. The molecule has 1 fully saturated rings. The fourth-order valence-electron chi connectivity index (χ4n) is 2.68. The highest BCUT2D eigenvalue weighted by Gasteiger charge is 2.40. The monoisotopic (exact) mass is 270 g/mol. The van der Waals surface area contributed by atoms with Crippen molar-refractivity contribution in [1.82, 2.24) is 10.3 Å². The van der Waals surface area contributed by atoms with Crippen molar-refractivity contribution in [2.24, 2.45) is 0 Å². The van der Waals surface area contributed by atoms with Crippen molar-refractivity contribution >= 4 is 5.91 Å². The molecule has 0 unspecified atom stereocenters. The van der Waals surface area contributed by atoms with Gasteiger partial charge in [-0.15, -0.1) is 0 Å². The first-order chi connectivity index (χ1) is 9.73. The second-order valence-electron chi connectivity index (χ2n) is 5.20. The summed E-state index contributed by atoms with van der Waals surface area (Å²) >= 11 is 0. The van der Waals surface area contributed by atoms with Gasteiger partial charge in [0.2, 0.25) is 0 Å². The average molecular weight is 270 g/mol. The van der Waals surface area contributed by atoms with Crippen LogP contribution >= 0.6 is 0 Å². The van der Waals surface area contributed by atoms with Gasteiger partial charge in [-0.2, -0.15) is 0 Å². The average Bonchev–Trinajstić information content (AvgIpc) is 2.97. The molecular weight excluding hydrogens is 252 g/mol. The Bertz CT molecular complexity index is 583. The number of carbonyl (C=O) groups excluding carboxylic acids is 1. The highest BCUT2D eigenvalue weighted by Crippen LogP contribution is 2.41. The van der Waals surface area contributed by atoms with Crippen LogP contribution in [0.15, 0.2) is 42.6 Å². The van der Waals surface area contributed by atoms with E-state index in [9.17, 15) is 4.79 Å². The number of H-pyrrole nitrogens is 1. The number of aromatic nitrogens is 1. The van der Waals surface area contributed by atoms with Crippen molar-refractivity contribution in [2.45, 2.75) is 24.8 Å². The minimum Gasteiger partial charge on any atom is -0.497 e. The number of nitrogens with one attached hydrogen (secondary N) is 2. The first-order valence-corrected chi connectivity index (χ1v) is 6.84. The fraction of sp³-hybridized carbons (Fsp3) is 0.312. The van der Waals surface area contributed by atoms with E-state index in [0.717, 1.165) is 30.6 Å². The van der Waals surface area contributed by atoms with Crippen LogP contribution in [0.1, 0.15) is 35.3 Å². The zero-order chi connectivity index (χ0) is 14.0. The van der Waals surface area contributed by atoms with Crippen LogP contribution in [-0.4, -0.2) is 18.0 Å². The standard InChI is InChI=1S/C16H18N2O2/c1-20-13-7-5-12(6-8-13)16(9-3-10-16)18-15(19)14-4-2-11-17-14/h2,4-8,11,17H,3,9-10H2,1H3,(H,18,19). The SMILES string of the molecule is COc1ccc(C2(NC(=O)c3ccc[nH]3)CCC2)cc1. The molecule has 2 N–H and O–H groups in total. The molecule has 1 aliphatic carbocycles. The summed E-state index contributed by atoms with van der Waals surface area (Å²) in [6.45, 7) is 0. The van der Waals surface area contributed by atoms with Gasteiger partial charge < -0.3 is 15.0 Å². The zero-order valence-corrected chi connectivity index (χ0v) is 11.5.